The van der Waals surface area contributed by atoms with Crippen LogP contribution in [0, 0.1) is 10.1 Å². The van der Waals surface area contributed by atoms with Gasteiger partial charge in [0.2, 0.25) is 0 Å². The van der Waals surface area contributed by atoms with Gasteiger partial charge in [0.1, 0.15) is 11.4 Å². The monoisotopic (exact) mass is 377 g/mol. The summed E-state index contributed by atoms with van der Waals surface area (Å²) in [6.07, 6.45) is 0. The van der Waals surface area contributed by atoms with Crippen LogP contribution in [-0.2, 0) is 19.7 Å². The third-order valence-electron chi connectivity index (χ3n) is 4.27. The fourth-order valence-electron chi connectivity index (χ4n) is 2.74. The number of nitrogens with zero attached hydrogens (tertiary/aromatic N) is 2. The summed E-state index contributed by atoms with van der Waals surface area (Å²) in [6.45, 7) is 5.53. The molecule has 146 valence electrons. The molecule has 1 heterocycles. The second kappa shape index (κ2) is 7.75. The van der Waals surface area contributed by atoms with E-state index < -0.39 is 16.8 Å². The van der Waals surface area contributed by atoms with Gasteiger partial charge < -0.3 is 20.1 Å². The van der Waals surface area contributed by atoms with Gasteiger partial charge >= 0.3 is 5.97 Å². The molecule has 0 atom stereocenters. The van der Waals surface area contributed by atoms with E-state index in [0.29, 0.717) is 0 Å². The maximum absolute atomic E-state index is 12.6. The summed E-state index contributed by atoms with van der Waals surface area (Å²) in [7, 11) is 1.19. The summed E-state index contributed by atoms with van der Waals surface area (Å²) in [4.78, 5) is 36.8. The Morgan fingerprint density at radius 3 is 2.59 bits per heavy atom. The highest BCUT2D eigenvalue weighted by Gasteiger charge is 2.35. The van der Waals surface area contributed by atoms with Crippen LogP contribution in [-0.4, -0.2) is 53.6 Å². The number of rotatable bonds is 6. The highest BCUT2D eigenvalue weighted by Crippen LogP contribution is 2.33. The normalized spacial score (nSPS) is 14.6. The van der Waals surface area contributed by atoms with Crippen molar-refractivity contribution in [1.29, 1.82) is 0 Å². The van der Waals surface area contributed by atoms with Crippen molar-refractivity contribution in [2.24, 2.45) is 0 Å². The molecule has 1 aromatic carbocycles. The van der Waals surface area contributed by atoms with E-state index in [1.807, 2.05) is 20.8 Å². The van der Waals surface area contributed by atoms with Crippen molar-refractivity contribution >= 4 is 23.3 Å². The first-order valence-corrected chi connectivity index (χ1v) is 8.37. The first-order valence-electron chi connectivity index (χ1n) is 8.37. The molecule has 9 heteroatoms. The van der Waals surface area contributed by atoms with Gasteiger partial charge in [-0.15, -0.1) is 0 Å². The maximum atomic E-state index is 12.6. The molecule has 9 nitrogen and oxygen atoms in total. The first kappa shape index (κ1) is 20.4. The van der Waals surface area contributed by atoms with Gasteiger partial charge in [0, 0.05) is 12.6 Å². The number of nitrogens with one attached hydrogen (secondary N) is 1. The Morgan fingerprint density at radius 1 is 1.41 bits per heavy atom. The quantitative estimate of drug-likeness (QED) is 0.438. The van der Waals surface area contributed by atoms with Crippen molar-refractivity contribution in [3.05, 3.63) is 45.1 Å². The van der Waals surface area contributed by atoms with Crippen LogP contribution in [0.2, 0.25) is 0 Å². The maximum Gasteiger partial charge on any atom is 0.337 e. The molecule has 0 radical (unpaired) electrons. The lowest BCUT2D eigenvalue weighted by Gasteiger charge is -2.19. The number of aliphatic hydroxyl groups excluding tert-OH is 1. The number of esters is 1. The zero-order valence-electron chi connectivity index (χ0n) is 15.7. The van der Waals surface area contributed by atoms with Gasteiger partial charge in [-0.25, -0.2) is 4.79 Å². The molecule has 0 saturated carbocycles. The Labute approximate surface area is 156 Å². The van der Waals surface area contributed by atoms with Gasteiger partial charge in [-0.1, -0.05) is 26.8 Å². The van der Waals surface area contributed by atoms with Crippen molar-refractivity contribution in [1.82, 2.24) is 4.90 Å². The van der Waals surface area contributed by atoms with Gasteiger partial charge in [0.15, 0.2) is 0 Å². The number of methoxy groups -OCH3 is 1. The number of benzene rings is 1. The van der Waals surface area contributed by atoms with E-state index >= 15 is 0 Å². The second-order valence-corrected chi connectivity index (χ2v) is 7.16. The van der Waals surface area contributed by atoms with Gasteiger partial charge in [-0.3, -0.25) is 14.9 Å². The number of nitro benzene ring substituents is 1. The minimum atomic E-state index is -0.708. The standard InChI is InChI=1S/C18H23N3O6/c1-18(2,3)11-5-6-13(14(9-11)21(25)26)19-15-12(17(24)27-4)10-20(7-8-22)16(15)23/h5-6,9,19,22H,7-8,10H2,1-4H3. The molecule has 1 amide bonds. The van der Waals surface area contributed by atoms with E-state index in [0.717, 1.165) is 5.56 Å². The zero-order chi connectivity index (χ0) is 20.4. The van der Waals surface area contributed by atoms with E-state index in [1.54, 1.807) is 6.07 Å². The lowest BCUT2D eigenvalue weighted by Crippen LogP contribution is -2.31. The topological polar surface area (TPSA) is 122 Å². The SMILES string of the molecule is COC(=O)C1=C(Nc2ccc(C(C)(C)C)cc2[N+](=O)[O-])C(=O)N(CCO)C1. The Kier molecular flexibility index (Phi) is 5.85. The molecule has 0 fully saturated rings. The average molecular weight is 377 g/mol. The van der Waals surface area contributed by atoms with E-state index in [2.05, 4.69) is 5.32 Å². The second-order valence-electron chi connectivity index (χ2n) is 7.16. The number of nitro groups is 1. The third kappa shape index (κ3) is 4.25. The van der Waals surface area contributed by atoms with Crippen LogP contribution < -0.4 is 5.32 Å². The summed E-state index contributed by atoms with van der Waals surface area (Å²) in [6, 6.07) is 4.70. The first-order chi connectivity index (χ1) is 12.6. The summed E-state index contributed by atoms with van der Waals surface area (Å²) in [5.74, 6) is -1.24. The van der Waals surface area contributed by atoms with Crippen LogP contribution >= 0.6 is 0 Å². The molecule has 2 rings (SSSR count). The lowest BCUT2D eigenvalue weighted by atomic mass is 9.86. The van der Waals surface area contributed by atoms with Gasteiger partial charge in [-0.2, -0.15) is 0 Å². The van der Waals surface area contributed by atoms with E-state index in [-0.39, 0.29) is 47.8 Å². The molecule has 0 bridgehead atoms. The molecular weight excluding hydrogens is 354 g/mol. The molecule has 2 N–H and O–H groups in total. The predicted octanol–water partition coefficient (Wildman–Crippen LogP) is 1.57. The smallest absolute Gasteiger partial charge is 0.337 e. The van der Waals surface area contributed by atoms with Gasteiger partial charge in [0.05, 0.1) is 30.8 Å². The van der Waals surface area contributed by atoms with Crippen molar-refractivity contribution in [3.63, 3.8) is 0 Å². The molecule has 0 spiro atoms. The van der Waals surface area contributed by atoms with Crippen molar-refractivity contribution in [2.45, 2.75) is 26.2 Å². The number of anilines is 1. The molecule has 27 heavy (non-hydrogen) atoms. The van der Waals surface area contributed by atoms with E-state index in [4.69, 9.17) is 9.84 Å². The average Bonchev–Trinajstić information content (AvgIpc) is 2.90. The number of β-amino-alcohol motifs (C(OH)–C–C–N with tert-alkyl or cyclic N) is 1. The number of amides is 1. The minimum Gasteiger partial charge on any atom is -0.466 e. The van der Waals surface area contributed by atoms with Crippen LogP contribution in [0.4, 0.5) is 11.4 Å². The number of hydrogen-bond donors (Lipinski definition) is 2. The summed E-state index contributed by atoms with van der Waals surface area (Å²) >= 11 is 0. The highest BCUT2D eigenvalue weighted by molar-refractivity contribution is 6.08. The van der Waals surface area contributed by atoms with Crippen LogP contribution in [0.15, 0.2) is 29.5 Å². The minimum absolute atomic E-state index is 0.0373. The third-order valence-corrected chi connectivity index (χ3v) is 4.27. The predicted molar refractivity (Wildman–Crippen MR) is 98.1 cm³/mol. The molecule has 0 unspecified atom stereocenters. The summed E-state index contributed by atoms with van der Waals surface area (Å²) in [5, 5.41) is 23.3. The van der Waals surface area contributed by atoms with Crippen molar-refractivity contribution in [2.75, 3.05) is 32.1 Å². The molecule has 1 aliphatic heterocycles. The Bertz CT molecular complexity index is 810. The fourth-order valence-corrected chi connectivity index (χ4v) is 2.74. The van der Waals surface area contributed by atoms with Crippen LogP contribution in [0.3, 0.4) is 0 Å². The number of carbonyl (C=O) groups excluding carboxylic acids is 2. The Hall–Kier alpha value is -2.94. The number of aliphatic hydroxyl groups is 1. The zero-order valence-corrected chi connectivity index (χ0v) is 15.7. The number of hydrogen-bond acceptors (Lipinski definition) is 7. The largest absolute Gasteiger partial charge is 0.466 e. The van der Waals surface area contributed by atoms with E-state index in [1.165, 1.54) is 24.1 Å². The van der Waals surface area contributed by atoms with Gasteiger partial charge in [0.25, 0.3) is 11.6 Å². The summed E-state index contributed by atoms with van der Waals surface area (Å²) in [5.41, 5.74) is 0.352. The molecule has 0 aliphatic carbocycles. The molecule has 1 aliphatic rings. The molecular formula is C18H23N3O6. The van der Waals surface area contributed by atoms with Crippen molar-refractivity contribution < 1.29 is 24.4 Å². The lowest BCUT2D eigenvalue weighted by molar-refractivity contribution is -0.384. The van der Waals surface area contributed by atoms with Gasteiger partial charge in [-0.05, 0) is 17.0 Å². The highest BCUT2D eigenvalue weighted by atomic mass is 16.6. The number of carbonyl (C=O) groups is 2. The van der Waals surface area contributed by atoms with E-state index in [9.17, 15) is 19.7 Å². The fraction of sp³-hybridized carbons (Fsp3) is 0.444. The van der Waals surface area contributed by atoms with Crippen LogP contribution in [0.25, 0.3) is 0 Å². The molecule has 0 aromatic heterocycles. The van der Waals surface area contributed by atoms with Crippen LogP contribution in [0.1, 0.15) is 26.3 Å². The molecule has 0 saturated heterocycles. The summed E-state index contributed by atoms with van der Waals surface area (Å²) < 4.78 is 4.71. The van der Waals surface area contributed by atoms with Crippen LogP contribution in [0.5, 0.6) is 0 Å². The Morgan fingerprint density at radius 2 is 2.07 bits per heavy atom. The van der Waals surface area contributed by atoms with Crippen molar-refractivity contribution in [3.8, 4) is 0 Å². The molecule has 1 aromatic rings. The Balaban J connectivity index is 2.47. The number of ether oxygens (including phenoxy) is 1.